The molecule has 4 heteroatoms. The fourth-order valence-corrected chi connectivity index (χ4v) is 2.42. The van der Waals surface area contributed by atoms with E-state index in [1.807, 2.05) is 38.1 Å². The SMILES string of the molecule is CC(N[C@H](C)c1cccc(Cl)c1)c1ccc(F)cc1O. The third-order valence-corrected chi connectivity index (χ3v) is 3.54. The minimum atomic E-state index is -0.443. The summed E-state index contributed by atoms with van der Waals surface area (Å²) < 4.78 is 13.0. The third kappa shape index (κ3) is 3.50. The van der Waals surface area contributed by atoms with Crippen molar-refractivity contribution >= 4 is 11.6 Å². The Hall–Kier alpha value is -1.58. The normalized spacial score (nSPS) is 14.0. The van der Waals surface area contributed by atoms with E-state index in [0.29, 0.717) is 10.6 Å². The van der Waals surface area contributed by atoms with Crippen molar-refractivity contribution in [3.05, 3.63) is 64.4 Å². The van der Waals surface area contributed by atoms with Crippen LogP contribution in [0.1, 0.15) is 37.1 Å². The number of phenols is 1. The number of rotatable bonds is 4. The van der Waals surface area contributed by atoms with Gasteiger partial charge < -0.3 is 10.4 Å². The molecular weight excluding hydrogens is 277 g/mol. The number of hydrogen-bond acceptors (Lipinski definition) is 2. The Kier molecular flexibility index (Phi) is 4.63. The average molecular weight is 294 g/mol. The largest absolute Gasteiger partial charge is 0.508 e. The predicted molar refractivity (Wildman–Crippen MR) is 79.5 cm³/mol. The second-order valence-corrected chi connectivity index (χ2v) is 5.30. The summed E-state index contributed by atoms with van der Waals surface area (Å²) in [4.78, 5) is 0. The number of hydrogen-bond donors (Lipinski definition) is 2. The molecule has 0 saturated heterocycles. The summed E-state index contributed by atoms with van der Waals surface area (Å²) in [5.41, 5.74) is 1.73. The summed E-state index contributed by atoms with van der Waals surface area (Å²) in [6.07, 6.45) is 0. The fourth-order valence-electron chi connectivity index (χ4n) is 2.22. The Labute approximate surface area is 123 Å². The third-order valence-electron chi connectivity index (χ3n) is 3.31. The first-order valence-corrected chi connectivity index (χ1v) is 6.85. The van der Waals surface area contributed by atoms with Crippen molar-refractivity contribution in [3.8, 4) is 5.75 Å². The Bertz CT molecular complexity index is 603. The molecule has 2 aromatic carbocycles. The maximum atomic E-state index is 13.0. The Morgan fingerprint density at radius 3 is 2.50 bits per heavy atom. The predicted octanol–water partition coefficient (Wildman–Crippen LogP) is 4.60. The molecule has 106 valence electrons. The van der Waals surface area contributed by atoms with Gasteiger partial charge in [0.15, 0.2) is 0 Å². The minimum absolute atomic E-state index is 0.0386. The summed E-state index contributed by atoms with van der Waals surface area (Å²) in [5.74, 6) is -0.482. The molecule has 2 aromatic rings. The van der Waals surface area contributed by atoms with Gasteiger partial charge in [0.2, 0.25) is 0 Å². The van der Waals surface area contributed by atoms with Crippen molar-refractivity contribution in [2.75, 3.05) is 0 Å². The summed E-state index contributed by atoms with van der Waals surface area (Å²) in [6, 6.07) is 11.6. The second-order valence-electron chi connectivity index (χ2n) is 4.87. The molecule has 0 aliphatic carbocycles. The van der Waals surface area contributed by atoms with E-state index in [0.717, 1.165) is 11.6 Å². The van der Waals surface area contributed by atoms with Crippen LogP contribution in [-0.4, -0.2) is 5.11 Å². The van der Waals surface area contributed by atoms with Gasteiger partial charge in [0.05, 0.1) is 0 Å². The van der Waals surface area contributed by atoms with Crippen molar-refractivity contribution < 1.29 is 9.50 Å². The van der Waals surface area contributed by atoms with Gasteiger partial charge in [-0.3, -0.25) is 0 Å². The molecule has 0 bridgehead atoms. The molecule has 0 aromatic heterocycles. The molecule has 20 heavy (non-hydrogen) atoms. The number of aromatic hydroxyl groups is 1. The molecule has 0 spiro atoms. The molecule has 0 amide bonds. The van der Waals surface area contributed by atoms with Gasteiger partial charge in [-0.2, -0.15) is 0 Å². The summed E-state index contributed by atoms with van der Waals surface area (Å²) in [7, 11) is 0. The van der Waals surface area contributed by atoms with E-state index in [1.54, 1.807) is 6.07 Å². The van der Waals surface area contributed by atoms with Crippen LogP contribution in [0, 0.1) is 5.82 Å². The molecule has 0 aliphatic heterocycles. The molecule has 2 rings (SSSR count). The number of nitrogens with one attached hydrogen (secondary N) is 1. The van der Waals surface area contributed by atoms with Crippen LogP contribution in [0.5, 0.6) is 5.75 Å². The molecular formula is C16H17ClFNO. The molecule has 0 aliphatic rings. The van der Waals surface area contributed by atoms with Gasteiger partial charge in [-0.05, 0) is 37.6 Å². The van der Waals surface area contributed by atoms with Crippen molar-refractivity contribution in [1.29, 1.82) is 0 Å². The lowest BCUT2D eigenvalue weighted by molar-refractivity contribution is 0.434. The van der Waals surface area contributed by atoms with Crippen LogP contribution < -0.4 is 5.32 Å². The van der Waals surface area contributed by atoms with Crippen molar-refractivity contribution in [1.82, 2.24) is 5.32 Å². The van der Waals surface area contributed by atoms with Crippen LogP contribution in [-0.2, 0) is 0 Å². The van der Waals surface area contributed by atoms with Gasteiger partial charge in [0.25, 0.3) is 0 Å². The van der Waals surface area contributed by atoms with Gasteiger partial charge in [-0.25, -0.2) is 4.39 Å². The molecule has 0 fully saturated rings. The molecule has 0 heterocycles. The van der Waals surface area contributed by atoms with Crippen molar-refractivity contribution in [2.24, 2.45) is 0 Å². The lowest BCUT2D eigenvalue weighted by atomic mass is 10.0. The molecule has 2 atom stereocenters. The van der Waals surface area contributed by atoms with E-state index in [9.17, 15) is 9.50 Å². The molecule has 0 radical (unpaired) electrons. The van der Waals surface area contributed by atoms with Crippen molar-refractivity contribution in [3.63, 3.8) is 0 Å². The van der Waals surface area contributed by atoms with E-state index in [2.05, 4.69) is 5.32 Å². The standard InChI is InChI=1S/C16H17ClFNO/c1-10(12-4-3-5-13(17)8-12)19-11(2)15-7-6-14(18)9-16(15)20/h3-11,19-20H,1-2H3/t10-,11?/m1/s1. The maximum Gasteiger partial charge on any atom is 0.126 e. The number of halogens is 2. The lowest BCUT2D eigenvalue weighted by Gasteiger charge is -2.21. The summed E-state index contributed by atoms with van der Waals surface area (Å²) >= 11 is 5.98. The van der Waals surface area contributed by atoms with Crippen LogP contribution >= 0.6 is 11.6 Å². The fraction of sp³-hybridized carbons (Fsp3) is 0.250. The molecule has 2 N–H and O–H groups in total. The smallest absolute Gasteiger partial charge is 0.126 e. The quantitative estimate of drug-likeness (QED) is 0.863. The van der Waals surface area contributed by atoms with Gasteiger partial charge in [-0.1, -0.05) is 29.8 Å². The zero-order chi connectivity index (χ0) is 14.7. The van der Waals surface area contributed by atoms with E-state index in [4.69, 9.17) is 11.6 Å². The summed E-state index contributed by atoms with van der Waals surface area (Å²) in [5, 5.41) is 13.8. The highest BCUT2D eigenvalue weighted by Gasteiger charge is 2.14. The van der Waals surface area contributed by atoms with Crippen LogP contribution in [0.15, 0.2) is 42.5 Å². The molecule has 0 saturated carbocycles. The van der Waals surface area contributed by atoms with Crippen LogP contribution in [0.3, 0.4) is 0 Å². The molecule has 2 nitrogen and oxygen atoms in total. The first-order chi connectivity index (χ1) is 9.47. The Balaban J connectivity index is 2.12. The van der Waals surface area contributed by atoms with Crippen LogP contribution in [0.25, 0.3) is 0 Å². The average Bonchev–Trinajstić information content (AvgIpc) is 2.38. The Morgan fingerprint density at radius 1 is 1.10 bits per heavy atom. The highest BCUT2D eigenvalue weighted by Crippen LogP contribution is 2.27. The summed E-state index contributed by atoms with van der Waals surface area (Å²) in [6.45, 7) is 3.94. The Morgan fingerprint density at radius 2 is 1.85 bits per heavy atom. The highest BCUT2D eigenvalue weighted by atomic mass is 35.5. The highest BCUT2D eigenvalue weighted by molar-refractivity contribution is 6.30. The van der Waals surface area contributed by atoms with Crippen LogP contribution in [0.4, 0.5) is 4.39 Å². The zero-order valence-electron chi connectivity index (χ0n) is 11.4. The second kappa shape index (κ2) is 6.25. The van der Waals surface area contributed by atoms with Gasteiger partial charge in [0.1, 0.15) is 11.6 Å². The van der Waals surface area contributed by atoms with Gasteiger partial charge in [0, 0.05) is 28.7 Å². The van der Waals surface area contributed by atoms with Crippen LogP contribution in [0.2, 0.25) is 5.02 Å². The first-order valence-electron chi connectivity index (χ1n) is 6.47. The van der Waals surface area contributed by atoms with E-state index >= 15 is 0 Å². The van der Waals surface area contributed by atoms with E-state index in [-0.39, 0.29) is 17.8 Å². The monoisotopic (exact) mass is 293 g/mol. The van der Waals surface area contributed by atoms with Crippen molar-refractivity contribution in [2.45, 2.75) is 25.9 Å². The lowest BCUT2D eigenvalue weighted by Crippen LogP contribution is -2.22. The topological polar surface area (TPSA) is 32.3 Å². The van der Waals surface area contributed by atoms with Gasteiger partial charge >= 0.3 is 0 Å². The molecule has 1 unspecified atom stereocenters. The zero-order valence-corrected chi connectivity index (χ0v) is 12.2. The number of benzene rings is 2. The number of phenolic OH excluding ortho intramolecular Hbond substituents is 1. The van der Waals surface area contributed by atoms with E-state index < -0.39 is 5.82 Å². The van der Waals surface area contributed by atoms with Gasteiger partial charge in [-0.15, -0.1) is 0 Å². The van der Waals surface area contributed by atoms with E-state index in [1.165, 1.54) is 6.07 Å². The first kappa shape index (κ1) is 14.8. The maximum absolute atomic E-state index is 13.0. The minimum Gasteiger partial charge on any atom is -0.508 e.